The van der Waals surface area contributed by atoms with Crippen molar-refractivity contribution in [2.75, 3.05) is 0 Å². The van der Waals surface area contributed by atoms with Crippen LogP contribution < -0.4 is 0 Å². The maximum Gasteiger partial charge on any atom is 0.101 e. The third-order valence-electron chi connectivity index (χ3n) is 2.74. The molecule has 1 atom stereocenters. The van der Waals surface area contributed by atoms with Crippen LogP contribution in [0.5, 0.6) is 0 Å². The van der Waals surface area contributed by atoms with E-state index in [9.17, 15) is 0 Å². The molecule has 0 aliphatic rings. The molecular formula is C13H16ClN3. The second kappa shape index (κ2) is 4.88. The van der Waals surface area contributed by atoms with Gasteiger partial charge >= 0.3 is 0 Å². The van der Waals surface area contributed by atoms with Gasteiger partial charge in [-0.2, -0.15) is 0 Å². The van der Waals surface area contributed by atoms with Gasteiger partial charge < -0.3 is 0 Å². The molecule has 0 amide bonds. The monoisotopic (exact) mass is 249 g/mol. The largest absolute Gasteiger partial charge is 0.220 e. The molecule has 0 saturated carbocycles. The molecule has 0 fully saturated rings. The van der Waals surface area contributed by atoms with Gasteiger partial charge in [0.15, 0.2) is 0 Å². The Hall–Kier alpha value is -1.35. The summed E-state index contributed by atoms with van der Waals surface area (Å²) in [5.41, 5.74) is 3.12. The van der Waals surface area contributed by atoms with Crippen molar-refractivity contribution in [2.24, 2.45) is 0 Å². The fraction of sp³-hybridized carbons (Fsp3) is 0.385. The third kappa shape index (κ3) is 2.67. The van der Waals surface area contributed by atoms with E-state index >= 15 is 0 Å². The van der Waals surface area contributed by atoms with E-state index in [1.807, 2.05) is 25.3 Å². The van der Waals surface area contributed by atoms with Crippen LogP contribution in [0.3, 0.4) is 0 Å². The molecule has 0 N–H and O–H groups in total. The van der Waals surface area contributed by atoms with E-state index in [0.717, 1.165) is 11.4 Å². The van der Waals surface area contributed by atoms with E-state index in [0.29, 0.717) is 5.92 Å². The summed E-state index contributed by atoms with van der Waals surface area (Å²) >= 11 is 5.95. The summed E-state index contributed by atoms with van der Waals surface area (Å²) in [4.78, 5) is 0. The predicted molar refractivity (Wildman–Crippen MR) is 69.7 cm³/mol. The van der Waals surface area contributed by atoms with Gasteiger partial charge in [-0.15, -0.1) is 16.7 Å². The zero-order chi connectivity index (χ0) is 12.4. The van der Waals surface area contributed by atoms with Crippen molar-refractivity contribution in [3.05, 3.63) is 41.7 Å². The smallest absolute Gasteiger partial charge is 0.101 e. The summed E-state index contributed by atoms with van der Waals surface area (Å²) in [7, 11) is 0. The molecular weight excluding hydrogens is 234 g/mol. The lowest BCUT2D eigenvalue weighted by Crippen LogP contribution is -1.95. The lowest BCUT2D eigenvalue weighted by molar-refractivity contribution is 0.794. The normalized spacial score (nSPS) is 13.0. The second-order valence-corrected chi connectivity index (χ2v) is 5.10. The van der Waals surface area contributed by atoms with E-state index in [1.54, 1.807) is 4.68 Å². The summed E-state index contributed by atoms with van der Waals surface area (Å²) in [6.07, 6.45) is 1.86. The van der Waals surface area contributed by atoms with Gasteiger partial charge in [-0.05, 0) is 30.5 Å². The second-order valence-electron chi connectivity index (χ2n) is 4.45. The van der Waals surface area contributed by atoms with Crippen molar-refractivity contribution in [3.8, 4) is 5.69 Å². The summed E-state index contributed by atoms with van der Waals surface area (Å²) in [5, 5.41) is 7.98. The molecule has 3 nitrogen and oxygen atoms in total. The van der Waals surface area contributed by atoms with E-state index in [1.165, 1.54) is 5.56 Å². The van der Waals surface area contributed by atoms with Gasteiger partial charge in [0.05, 0.1) is 17.3 Å². The van der Waals surface area contributed by atoms with E-state index in [-0.39, 0.29) is 5.38 Å². The van der Waals surface area contributed by atoms with Crippen LogP contribution >= 0.6 is 11.6 Å². The fourth-order valence-corrected chi connectivity index (χ4v) is 1.70. The first-order valence-electron chi connectivity index (χ1n) is 5.74. The van der Waals surface area contributed by atoms with Crippen LogP contribution in [-0.4, -0.2) is 15.0 Å². The van der Waals surface area contributed by atoms with Crippen LogP contribution in [0.1, 0.15) is 43.3 Å². The maximum atomic E-state index is 5.95. The van der Waals surface area contributed by atoms with Gasteiger partial charge in [0.2, 0.25) is 0 Å². The summed E-state index contributed by atoms with van der Waals surface area (Å²) in [6.45, 7) is 6.24. The molecule has 0 saturated heterocycles. The number of nitrogens with zero attached hydrogens (tertiary/aromatic N) is 3. The molecule has 2 rings (SSSR count). The highest BCUT2D eigenvalue weighted by Gasteiger charge is 2.07. The summed E-state index contributed by atoms with van der Waals surface area (Å²) in [5.74, 6) is 0.540. The van der Waals surface area contributed by atoms with Crippen molar-refractivity contribution in [2.45, 2.75) is 32.1 Å². The van der Waals surface area contributed by atoms with E-state index in [4.69, 9.17) is 11.6 Å². The number of aromatic nitrogens is 3. The maximum absolute atomic E-state index is 5.95. The Morgan fingerprint density at radius 1 is 1.12 bits per heavy atom. The van der Waals surface area contributed by atoms with Crippen molar-refractivity contribution in [1.82, 2.24) is 15.0 Å². The number of hydrogen-bond donors (Lipinski definition) is 0. The first-order chi connectivity index (χ1) is 8.08. The molecule has 90 valence electrons. The fourth-order valence-electron chi connectivity index (χ4n) is 1.60. The molecule has 4 heteroatoms. The summed E-state index contributed by atoms with van der Waals surface area (Å²) < 4.78 is 1.75. The van der Waals surface area contributed by atoms with Crippen LogP contribution in [0, 0.1) is 0 Å². The zero-order valence-corrected chi connectivity index (χ0v) is 11.0. The number of rotatable bonds is 3. The van der Waals surface area contributed by atoms with E-state index < -0.39 is 0 Å². The first kappa shape index (κ1) is 12.1. The van der Waals surface area contributed by atoms with E-state index in [2.05, 4.69) is 36.3 Å². The molecule has 2 aromatic rings. The average molecular weight is 250 g/mol. The standard InChI is InChI=1S/C13H16ClN3/c1-9(2)11-4-6-12(7-5-11)17-8-13(10(3)14)15-16-17/h4-10H,1-3H3. The molecule has 17 heavy (non-hydrogen) atoms. The van der Waals surface area contributed by atoms with Gasteiger partial charge in [0.1, 0.15) is 5.69 Å². The minimum Gasteiger partial charge on any atom is -0.220 e. The molecule has 0 aliphatic heterocycles. The van der Waals surface area contributed by atoms with Gasteiger partial charge in [0.25, 0.3) is 0 Å². The molecule has 0 bridgehead atoms. The SMILES string of the molecule is CC(C)c1ccc(-n2cc(C(C)Cl)nn2)cc1. The van der Waals surface area contributed by atoms with Gasteiger partial charge in [-0.3, -0.25) is 0 Å². The van der Waals surface area contributed by atoms with Crippen molar-refractivity contribution < 1.29 is 0 Å². The van der Waals surface area contributed by atoms with Crippen LogP contribution in [0.4, 0.5) is 0 Å². The zero-order valence-electron chi connectivity index (χ0n) is 10.3. The van der Waals surface area contributed by atoms with Crippen LogP contribution in [-0.2, 0) is 0 Å². The quantitative estimate of drug-likeness (QED) is 0.777. The Kier molecular flexibility index (Phi) is 3.48. The molecule has 1 aromatic heterocycles. The Morgan fingerprint density at radius 3 is 2.24 bits per heavy atom. The minimum atomic E-state index is -0.112. The predicted octanol–water partition coefficient (Wildman–Crippen LogP) is 3.69. The number of hydrogen-bond acceptors (Lipinski definition) is 2. The lowest BCUT2D eigenvalue weighted by atomic mass is 10.0. The number of benzene rings is 1. The molecule has 0 spiro atoms. The number of alkyl halides is 1. The third-order valence-corrected chi connectivity index (χ3v) is 2.97. The molecule has 0 aliphatic carbocycles. The van der Waals surface area contributed by atoms with Crippen LogP contribution in [0.25, 0.3) is 5.69 Å². The van der Waals surface area contributed by atoms with Crippen LogP contribution in [0.2, 0.25) is 0 Å². The molecule has 1 unspecified atom stereocenters. The van der Waals surface area contributed by atoms with Gasteiger partial charge in [-0.1, -0.05) is 31.2 Å². The van der Waals surface area contributed by atoms with Gasteiger partial charge in [-0.25, -0.2) is 4.68 Å². The topological polar surface area (TPSA) is 30.7 Å². The Morgan fingerprint density at radius 2 is 1.76 bits per heavy atom. The highest BCUT2D eigenvalue weighted by Crippen LogP contribution is 2.19. The van der Waals surface area contributed by atoms with Crippen molar-refractivity contribution in [1.29, 1.82) is 0 Å². The molecule has 1 heterocycles. The Balaban J connectivity index is 2.27. The van der Waals surface area contributed by atoms with Gasteiger partial charge in [0, 0.05) is 0 Å². The van der Waals surface area contributed by atoms with Crippen molar-refractivity contribution >= 4 is 11.6 Å². The molecule has 1 aromatic carbocycles. The Labute approximate surface area is 106 Å². The number of halogens is 1. The first-order valence-corrected chi connectivity index (χ1v) is 6.18. The highest BCUT2D eigenvalue weighted by molar-refractivity contribution is 6.20. The summed E-state index contributed by atoms with van der Waals surface area (Å²) in [6, 6.07) is 8.33. The lowest BCUT2D eigenvalue weighted by Gasteiger charge is -2.06. The van der Waals surface area contributed by atoms with Crippen LogP contribution in [0.15, 0.2) is 30.5 Å². The van der Waals surface area contributed by atoms with Crippen molar-refractivity contribution in [3.63, 3.8) is 0 Å². The minimum absolute atomic E-state index is 0.112. The average Bonchev–Trinajstić information content (AvgIpc) is 2.78. The molecule has 0 radical (unpaired) electrons. The Bertz CT molecular complexity index is 486. The highest BCUT2D eigenvalue weighted by atomic mass is 35.5.